The molecule has 0 spiro atoms. The number of likely N-dealkylation sites (N-methyl/N-ethyl adjacent to an activating group) is 1. The number of rotatable bonds is 8. The van der Waals surface area contributed by atoms with E-state index in [-0.39, 0.29) is 41.2 Å². The second kappa shape index (κ2) is 12.0. The molecule has 1 aliphatic carbocycles. The van der Waals surface area contributed by atoms with E-state index < -0.39 is 32.2 Å². The van der Waals surface area contributed by atoms with Crippen LogP contribution in [0.4, 0.5) is 0 Å². The monoisotopic (exact) mass is 578 g/mol. The van der Waals surface area contributed by atoms with Crippen molar-refractivity contribution < 1.29 is 31.4 Å². The van der Waals surface area contributed by atoms with Crippen LogP contribution in [-0.2, 0) is 20.0 Å². The quantitative estimate of drug-likeness (QED) is 0.508. The molecule has 214 valence electrons. The SMILES string of the molecule is COc1cccc(S(=O)(=O)N(C)C[C@@H]2Oc3cc(C4=CCCCC4)ccc3S(=O)(=O)N([C@@H](C)CO)C[C@@H]2C)c1. The van der Waals surface area contributed by atoms with Crippen molar-refractivity contribution in [3.63, 3.8) is 0 Å². The van der Waals surface area contributed by atoms with Crippen LogP contribution in [0.25, 0.3) is 5.57 Å². The Morgan fingerprint density at radius 2 is 1.97 bits per heavy atom. The lowest BCUT2D eigenvalue weighted by Crippen LogP contribution is -2.50. The number of methoxy groups -OCH3 is 1. The van der Waals surface area contributed by atoms with Gasteiger partial charge in [0, 0.05) is 31.6 Å². The van der Waals surface area contributed by atoms with Crippen LogP contribution >= 0.6 is 0 Å². The van der Waals surface area contributed by atoms with Gasteiger partial charge in [-0.2, -0.15) is 8.61 Å². The van der Waals surface area contributed by atoms with E-state index in [1.165, 1.54) is 34.9 Å². The third kappa shape index (κ3) is 6.17. The molecule has 1 aliphatic heterocycles. The summed E-state index contributed by atoms with van der Waals surface area (Å²) >= 11 is 0. The number of aliphatic hydroxyl groups is 1. The van der Waals surface area contributed by atoms with Crippen LogP contribution in [0.1, 0.15) is 45.1 Å². The first-order valence-corrected chi connectivity index (χ1v) is 16.1. The van der Waals surface area contributed by atoms with Crippen LogP contribution in [0.5, 0.6) is 11.5 Å². The van der Waals surface area contributed by atoms with E-state index in [1.54, 1.807) is 37.3 Å². The molecule has 2 aliphatic rings. The van der Waals surface area contributed by atoms with E-state index >= 15 is 0 Å². The summed E-state index contributed by atoms with van der Waals surface area (Å²) in [5.74, 6) is 0.234. The van der Waals surface area contributed by atoms with Gasteiger partial charge in [0.05, 0.1) is 25.2 Å². The fraction of sp³-hybridized carbons (Fsp3) is 0.500. The smallest absolute Gasteiger partial charge is 0.247 e. The van der Waals surface area contributed by atoms with Crippen molar-refractivity contribution in [2.75, 3.05) is 33.9 Å². The van der Waals surface area contributed by atoms with Gasteiger partial charge in [0.2, 0.25) is 20.0 Å². The predicted molar refractivity (Wildman–Crippen MR) is 150 cm³/mol. The largest absolute Gasteiger partial charge is 0.497 e. The lowest BCUT2D eigenvalue weighted by atomic mass is 9.93. The fourth-order valence-electron chi connectivity index (χ4n) is 5.04. The zero-order valence-corrected chi connectivity index (χ0v) is 24.5. The van der Waals surface area contributed by atoms with Crippen molar-refractivity contribution in [2.45, 2.75) is 61.5 Å². The molecule has 2 aromatic carbocycles. The molecule has 0 saturated carbocycles. The van der Waals surface area contributed by atoms with Gasteiger partial charge in [-0.1, -0.05) is 25.1 Å². The summed E-state index contributed by atoms with van der Waals surface area (Å²) in [4.78, 5) is 0.103. The number of hydrogen-bond donors (Lipinski definition) is 1. The first-order chi connectivity index (χ1) is 18.5. The highest BCUT2D eigenvalue weighted by Crippen LogP contribution is 2.37. The number of fused-ring (bicyclic) bond motifs is 1. The summed E-state index contributed by atoms with van der Waals surface area (Å²) in [6.45, 7) is 3.20. The van der Waals surface area contributed by atoms with E-state index in [0.29, 0.717) is 5.75 Å². The van der Waals surface area contributed by atoms with Gasteiger partial charge in [0.25, 0.3) is 0 Å². The molecule has 2 aromatic rings. The van der Waals surface area contributed by atoms with Crippen molar-refractivity contribution in [3.05, 3.63) is 54.1 Å². The molecule has 0 amide bonds. The Labute approximate surface area is 232 Å². The molecule has 1 N–H and O–H groups in total. The Balaban J connectivity index is 1.74. The molecule has 0 aromatic heterocycles. The Kier molecular flexibility index (Phi) is 9.07. The van der Waals surface area contributed by atoms with Crippen molar-refractivity contribution in [3.8, 4) is 11.5 Å². The van der Waals surface area contributed by atoms with Crippen molar-refractivity contribution in [1.29, 1.82) is 0 Å². The molecule has 9 nitrogen and oxygen atoms in total. The predicted octanol–water partition coefficient (Wildman–Crippen LogP) is 3.74. The molecule has 0 bridgehead atoms. The van der Waals surface area contributed by atoms with Gasteiger partial charge in [0.1, 0.15) is 22.5 Å². The van der Waals surface area contributed by atoms with E-state index in [0.717, 1.165) is 36.8 Å². The van der Waals surface area contributed by atoms with Crippen LogP contribution in [0, 0.1) is 5.92 Å². The van der Waals surface area contributed by atoms with Crippen LogP contribution < -0.4 is 9.47 Å². The van der Waals surface area contributed by atoms with E-state index in [2.05, 4.69) is 6.08 Å². The number of sulfonamides is 2. The highest BCUT2D eigenvalue weighted by atomic mass is 32.2. The number of benzene rings is 2. The molecule has 11 heteroatoms. The molecular formula is C28H38N2O7S2. The highest BCUT2D eigenvalue weighted by Gasteiger charge is 2.39. The minimum atomic E-state index is -3.98. The van der Waals surface area contributed by atoms with Gasteiger partial charge < -0.3 is 14.6 Å². The molecule has 1 heterocycles. The van der Waals surface area contributed by atoms with E-state index in [1.807, 2.05) is 6.92 Å². The summed E-state index contributed by atoms with van der Waals surface area (Å²) in [5, 5.41) is 9.87. The average molecular weight is 579 g/mol. The third-order valence-corrected chi connectivity index (χ3v) is 11.4. The maximum absolute atomic E-state index is 13.7. The second-order valence-corrected chi connectivity index (χ2v) is 14.2. The first-order valence-electron chi connectivity index (χ1n) is 13.2. The van der Waals surface area contributed by atoms with Crippen molar-refractivity contribution >= 4 is 25.6 Å². The number of allylic oxidation sites excluding steroid dienone is 2. The van der Waals surface area contributed by atoms with Gasteiger partial charge in [-0.25, -0.2) is 16.8 Å². The summed E-state index contributed by atoms with van der Waals surface area (Å²) < 4.78 is 68.5. The van der Waals surface area contributed by atoms with E-state index in [9.17, 15) is 21.9 Å². The van der Waals surface area contributed by atoms with Gasteiger partial charge >= 0.3 is 0 Å². The molecule has 4 rings (SSSR count). The molecule has 0 fully saturated rings. The molecule has 39 heavy (non-hydrogen) atoms. The summed E-state index contributed by atoms with van der Waals surface area (Å²) in [6, 6.07) is 10.7. The Morgan fingerprint density at radius 1 is 1.21 bits per heavy atom. The Hall–Kier alpha value is -2.44. The van der Waals surface area contributed by atoms with Crippen LogP contribution in [0.3, 0.4) is 0 Å². The Morgan fingerprint density at radius 3 is 2.64 bits per heavy atom. The van der Waals surface area contributed by atoms with Gasteiger partial charge in [0.15, 0.2) is 0 Å². The number of hydrogen-bond acceptors (Lipinski definition) is 7. The summed E-state index contributed by atoms with van der Waals surface area (Å²) in [5.41, 5.74) is 2.05. The first kappa shape index (κ1) is 29.5. The van der Waals surface area contributed by atoms with Crippen molar-refractivity contribution in [1.82, 2.24) is 8.61 Å². The number of nitrogens with zero attached hydrogens (tertiary/aromatic N) is 2. The minimum Gasteiger partial charge on any atom is -0.497 e. The molecular weight excluding hydrogens is 540 g/mol. The van der Waals surface area contributed by atoms with Crippen LogP contribution in [0.15, 0.2) is 58.3 Å². The summed E-state index contributed by atoms with van der Waals surface area (Å²) in [6.07, 6.45) is 5.59. The second-order valence-electron chi connectivity index (χ2n) is 10.3. The minimum absolute atomic E-state index is 0.00549. The lowest BCUT2D eigenvalue weighted by molar-refractivity contribution is 0.0904. The maximum atomic E-state index is 13.7. The molecule has 0 unspecified atom stereocenters. The van der Waals surface area contributed by atoms with Crippen LogP contribution in [-0.4, -0.2) is 76.6 Å². The van der Waals surface area contributed by atoms with E-state index in [4.69, 9.17) is 9.47 Å². The lowest BCUT2D eigenvalue weighted by Gasteiger charge is -2.37. The Bertz CT molecular complexity index is 1420. The number of aliphatic hydroxyl groups excluding tert-OH is 1. The fourth-order valence-corrected chi connectivity index (χ4v) is 8.08. The molecule has 3 atom stereocenters. The molecule has 0 saturated heterocycles. The topological polar surface area (TPSA) is 113 Å². The number of ether oxygens (including phenoxy) is 2. The maximum Gasteiger partial charge on any atom is 0.247 e. The zero-order valence-electron chi connectivity index (χ0n) is 22.9. The van der Waals surface area contributed by atoms with Gasteiger partial charge in [-0.05, 0) is 68.0 Å². The summed E-state index contributed by atoms with van der Waals surface area (Å²) in [7, 11) is -4.91. The zero-order chi connectivity index (χ0) is 28.4. The average Bonchev–Trinajstić information content (AvgIpc) is 2.94. The third-order valence-electron chi connectivity index (χ3n) is 7.52. The van der Waals surface area contributed by atoms with Crippen LogP contribution in [0.2, 0.25) is 0 Å². The standard InChI is InChI=1S/C28H38N2O7S2/c1-20-17-30(21(2)19-31)39(34,35)28-14-13-23(22-9-6-5-7-10-22)15-26(28)37-27(20)18-29(3)38(32,33)25-12-8-11-24(16-25)36-4/h8-9,11-16,20-21,27,31H,5-7,10,17-19H2,1-4H3/t20-,21-,27-/m0/s1. The van der Waals surface area contributed by atoms with Gasteiger partial charge in [-0.15, -0.1) is 0 Å². The van der Waals surface area contributed by atoms with Crippen molar-refractivity contribution in [2.24, 2.45) is 5.92 Å². The van der Waals surface area contributed by atoms with Gasteiger partial charge in [-0.3, -0.25) is 0 Å². The highest BCUT2D eigenvalue weighted by molar-refractivity contribution is 7.89. The molecule has 0 radical (unpaired) electrons. The normalized spacial score (nSPS) is 22.7.